The van der Waals surface area contributed by atoms with Crippen molar-refractivity contribution in [3.63, 3.8) is 0 Å². The SMILES string of the molecule is CCCC(=O)Oc1ccc(C(=O)CN(CCNC(=O)Cc2ccccc2)Cc2ccccc2)cc1OC(=O)CCC.Cl. The number of ketones is 1. The molecule has 0 atom stereocenters. The van der Waals surface area contributed by atoms with Gasteiger partial charge in [-0.1, -0.05) is 74.5 Å². The molecule has 3 rings (SSSR count). The molecule has 0 unspecified atom stereocenters. The molecule has 0 bridgehead atoms. The van der Waals surface area contributed by atoms with Gasteiger partial charge in [0.05, 0.1) is 13.0 Å². The fourth-order valence-electron chi connectivity index (χ4n) is 4.15. The van der Waals surface area contributed by atoms with E-state index in [0.29, 0.717) is 38.0 Å². The first-order valence-corrected chi connectivity index (χ1v) is 14.0. The van der Waals surface area contributed by atoms with Gasteiger partial charge >= 0.3 is 11.9 Å². The van der Waals surface area contributed by atoms with Crippen molar-refractivity contribution in [3.05, 3.63) is 95.6 Å². The summed E-state index contributed by atoms with van der Waals surface area (Å²) in [5.41, 5.74) is 2.29. The predicted octanol–water partition coefficient (Wildman–Crippen LogP) is 5.56. The van der Waals surface area contributed by atoms with Crippen LogP contribution in [-0.4, -0.2) is 48.2 Å². The summed E-state index contributed by atoms with van der Waals surface area (Å²) in [5, 5.41) is 2.94. The number of Topliss-reactive ketones (excluding diaryl/α,β-unsaturated/α-hetero) is 1. The normalized spacial score (nSPS) is 10.5. The van der Waals surface area contributed by atoms with Crippen molar-refractivity contribution in [2.75, 3.05) is 19.6 Å². The molecule has 0 aliphatic carbocycles. The quantitative estimate of drug-likeness (QED) is 0.131. The van der Waals surface area contributed by atoms with E-state index in [1.807, 2.05) is 79.4 Å². The smallest absolute Gasteiger partial charge is 0.311 e. The van der Waals surface area contributed by atoms with E-state index in [0.717, 1.165) is 11.1 Å². The number of nitrogens with zero attached hydrogens (tertiary/aromatic N) is 1. The van der Waals surface area contributed by atoms with Crippen LogP contribution in [0, 0.1) is 0 Å². The topological polar surface area (TPSA) is 102 Å². The summed E-state index contributed by atoms with van der Waals surface area (Å²) in [6.07, 6.45) is 1.91. The van der Waals surface area contributed by atoms with Gasteiger partial charge in [0.1, 0.15) is 0 Å². The third-order valence-electron chi connectivity index (χ3n) is 6.20. The average Bonchev–Trinajstić information content (AvgIpc) is 2.95. The second kappa shape index (κ2) is 18.4. The highest BCUT2D eigenvalue weighted by molar-refractivity contribution is 5.98. The highest BCUT2D eigenvalue weighted by Gasteiger charge is 2.19. The number of ether oxygens (including phenoxy) is 2. The Hall–Kier alpha value is -4.01. The maximum atomic E-state index is 13.4. The lowest BCUT2D eigenvalue weighted by Crippen LogP contribution is -2.37. The summed E-state index contributed by atoms with van der Waals surface area (Å²) in [6, 6.07) is 23.8. The van der Waals surface area contributed by atoms with E-state index in [1.54, 1.807) is 6.07 Å². The van der Waals surface area contributed by atoms with E-state index in [1.165, 1.54) is 12.1 Å². The minimum atomic E-state index is -0.471. The zero-order valence-electron chi connectivity index (χ0n) is 24.2. The van der Waals surface area contributed by atoms with Gasteiger partial charge in [-0.05, 0) is 42.2 Å². The fourth-order valence-corrected chi connectivity index (χ4v) is 4.15. The summed E-state index contributed by atoms with van der Waals surface area (Å²) < 4.78 is 10.9. The molecule has 0 aromatic heterocycles. The van der Waals surface area contributed by atoms with Gasteiger partial charge < -0.3 is 14.8 Å². The second-order valence-corrected chi connectivity index (χ2v) is 9.74. The Labute approximate surface area is 253 Å². The first-order valence-electron chi connectivity index (χ1n) is 14.0. The fraction of sp³-hybridized carbons (Fsp3) is 0.333. The van der Waals surface area contributed by atoms with Crippen LogP contribution in [0.15, 0.2) is 78.9 Å². The van der Waals surface area contributed by atoms with Gasteiger partial charge in [0, 0.05) is 38.0 Å². The van der Waals surface area contributed by atoms with Crippen molar-refractivity contribution >= 4 is 36.0 Å². The number of carbonyl (C=O) groups is 4. The molecule has 0 spiro atoms. The van der Waals surface area contributed by atoms with Crippen LogP contribution >= 0.6 is 12.4 Å². The monoisotopic (exact) mass is 594 g/mol. The third kappa shape index (κ3) is 11.8. The summed E-state index contributed by atoms with van der Waals surface area (Å²) in [5.74, 6) is -1.05. The van der Waals surface area contributed by atoms with E-state index >= 15 is 0 Å². The highest BCUT2D eigenvalue weighted by Crippen LogP contribution is 2.30. The zero-order valence-corrected chi connectivity index (χ0v) is 25.0. The van der Waals surface area contributed by atoms with E-state index in [2.05, 4.69) is 5.32 Å². The molecular formula is C33H39ClN2O6. The van der Waals surface area contributed by atoms with Gasteiger partial charge in [0.25, 0.3) is 0 Å². The first-order chi connectivity index (χ1) is 19.9. The summed E-state index contributed by atoms with van der Waals surface area (Å²) in [6.45, 7) is 5.12. The van der Waals surface area contributed by atoms with Crippen LogP contribution in [0.5, 0.6) is 11.5 Å². The second-order valence-electron chi connectivity index (χ2n) is 9.74. The molecule has 0 aliphatic heterocycles. The molecule has 3 aromatic carbocycles. The lowest BCUT2D eigenvalue weighted by atomic mass is 10.1. The van der Waals surface area contributed by atoms with Crippen molar-refractivity contribution in [2.24, 2.45) is 0 Å². The lowest BCUT2D eigenvalue weighted by molar-refractivity contribution is -0.137. The maximum Gasteiger partial charge on any atom is 0.311 e. The van der Waals surface area contributed by atoms with Crippen LogP contribution in [-0.2, 0) is 27.3 Å². The highest BCUT2D eigenvalue weighted by atomic mass is 35.5. The van der Waals surface area contributed by atoms with E-state index in [-0.39, 0.29) is 61.4 Å². The van der Waals surface area contributed by atoms with Crippen molar-refractivity contribution in [1.29, 1.82) is 0 Å². The molecule has 0 heterocycles. The van der Waals surface area contributed by atoms with Crippen LogP contribution < -0.4 is 14.8 Å². The Balaban J connectivity index is 0.00000616. The van der Waals surface area contributed by atoms with Crippen molar-refractivity contribution in [1.82, 2.24) is 10.2 Å². The predicted molar refractivity (Wildman–Crippen MR) is 164 cm³/mol. The third-order valence-corrected chi connectivity index (χ3v) is 6.20. The van der Waals surface area contributed by atoms with Gasteiger partial charge in [-0.3, -0.25) is 24.1 Å². The number of benzene rings is 3. The Morgan fingerprint density at radius 2 is 1.31 bits per heavy atom. The molecule has 0 saturated heterocycles. The molecule has 0 saturated carbocycles. The molecule has 9 heteroatoms. The van der Waals surface area contributed by atoms with Crippen LogP contribution in [0.25, 0.3) is 0 Å². The molecule has 0 fully saturated rings. The molecule has 0 aliphatic rings. The van der Waals surface area contributed by atoms with E-state index in [4.69, 9.17) is 9.47 Å². The van der Waals surface area contributed by atoms with Gasteiger partial charge in [0.2, 0.25) is 5.91 Å². The van der Waals surface area contributed by atoms with Crippen LogP contribution in [0.2, 0.25) is 0 Å². The van der Waals surface area contributed by atoms with Crippen LogP contribution in [0.1, 0.15) is 61.0 Å². The molecule has 8 nitrogen and oxygen atoms in total. The molecule has 1 N–H and O–H groups in total. The number of carbonyl (C=O) groups excluding carboxylic acids is 4. The molecule has 224 valence electrons. The number of esters is 2. The average molecular weight is 595 g/mol. The Morgan fingerprint density at radius 1 is 0.738 bits per heavy atom. The van der Waals surface area contributed by atoms with E-state index in [9.17, 15) is 19.2 Å². The lowest BCUT2D eigenvalue weighted by Gasteiger charge is -2.22. The van der Waals surface area contributed by atoms with Gasteiger partial charge in [-0.2, -0.15) is 0 Å². The standard InChI is InChI=1S/C33H38N2O6.ClH/c1-3-11-32(38)40-29-18-17-27(22-30(29)41-33(39)12-4-2)28(36)24-35(23-26-15-9-6-10-16-26)20-19-34-31(37)21-25-13-7-5-8-14-25;/h5-10,13-18,22H,3-4,11-12,19-21,23-24H2,1-2H3,(H,34,37);1H. The number of amides is 1. The number of rotatable bonds is 16. The van der Waals surface area contributed by atoms with Crippen molar-refractivity contribution in [3.8, 4) is 11.5 Å². The molecule has 42 heavy (non-hydrogen) atoms. The number of halogens is 1. The molecule has 0 radical (unpaired) electrons. The zero-order chi connectivity index (χ0) is 29.5. The van der Waals surface area contributed by atoms with Gasteiger partial charge in [-0.25, -0.2) is 0 Å². The van der Waals surface area contributed by atoms with Crippen molar-refractivity contribution in [2.45, 2.75) is 52.5 Å². The Bertz CT molecular complexity index is 1300. The Morgan fingerprint density at radius 3 is 1.90 bits per heavy atom. The minimum Gasteiger partial charge on any atom is -0.423 e. The maximum absolute atomic E-state index is 13.4. The molecule has 3 aromatic rings. The van der Waals surface area contributed by atoms with Gasteiger partial charge in [-0.15, -0.1) is 12.4 Å². The summed E-state index contributed by atoms with van der Waals surface area (Å²) in [4.78, 5) is 52.1. The molecular weight excluding hydrogens is 556 g/mol. The van der Waals surface area contributed by atoms with Crippen LogP contribution in [0.4, 0.5) is 0 Å². The minimum absolute atomic E-state index is 0. The summed E-state index contributed by atoms with van der Waals surface area (Å²) in [7, 11) is 0. The summed E-state index contributed by atoms with van der Waals surface area (Å²) >= 11 is 0. The van der Waals surface area contributed by atoms with Crippen molar-refractivity contribution < 1.29 is 28.7 Å². The molecule has 1 amide bonds. The van der Waals surface area contributed by atoms with Crippen LogP contribution in [0.3, 0.4) is 0 Å². The largest absolute Gasteiger partial charge is 0.423 e. The van der Waals surface area contributed by atoms with E-state index < -0.39 is 11.9 Å². The number of hydrogen-bond donors (Lipinski definition) is 1. The van der Waals surface area contributed by atoms with Gasteiger partial charge in [0.15, 0.2) is 17.3 Å². The number of nitrogens with one attached hydrogen (secondary N) is 1. The first kappa shape index (κ1) is 34.2. The Kier molecular flexibility index (Phi) is 15.0. The number of hydrogen-bond acceptors (Lipinski definition) is 7.